The Morgan fingerprint density at radius 3 is 2.89 bits per heavy atom. The highest BCUT2D eigenvalue weighted by Crippen LogP contribution is 2.28. The number of para-hydroxylation sites is 1. The zero-order valence-corrected chi connectivity index (χ0v) is 12.0. The van der Waals surface area contributed by atoms with Crippen LogP contribution in [0.5, 0.6) is 5.75 Å². The SMILES string of the molecule is COc1ccccc1CC(=O)NCC1CCC(Cl)C1. The number of ether oxygens (including phenoxy) is 1. The second-order valence-electron chi connectivity index (χ2n) is 5.07. The number of rotatable bonds is 5. The Morgan fingerprint density at radius 2 is 2.21 bits per heavy atom. The summed E-state index contributed by atoms with van der Waals surface area (Å²) in [6.07, 6.45) is 3.55. The molecule has 1 saturated carbocycles. The van der Waals surface area contributed by atoms with Crippen molar-refractivity contribution in [3.8, 4) is 5.75 Å². The van der Waals surface area contributed by atoms with E-state index in [1.807, 2.05) is 24.3 Å². The summed E-state index contributed by atoms with van der Waals surface area (Å²) >= 11 is 6.06. The molecule has 19 heavy (non-hydrogen) atoms. The first-order chi connectivity index (χ1) is 9.19. The molecule has 4 heteroatoms. The summed E-state index contributed by atoms with van der Waals surface area (Å²) in [6.45, 7) is 0.733. The lowest BCUT2D eigenvalue weighted by atomic mass is 10.1. The predicted molar refractivity (Wildman–Crippen MR) is 76.7 cm³/mol. The van der Waals surface area contributed by atoms with Gasteiger partial charge in [-0.25, -0.2) is 0 Å². The minimum atomic E-state index is 0.0440. The molecule has 0 aromatic heterocycles. The zero-order valence-electron chi connectivity index (χ0n) is 11.2. The van der Waals surface area contributed by atoms with Crippen molar-refractivity contribution in [2.45, 2.75) is 31.1 Å². The Hall–Kier alpha value is -1.22. The maximum atomic E-state index is 11.9. The van der Waals surface area contributed by atoms with Crippen molar-refractivity contribution in [3.63, 3.8) is 0 Å². The van der Waals surface area contributed by atoms with Crippen LogP contribution in [0.1, 0.15) is 24.8 Å². The van der Waals surface area contributed by atoms with Gasteiger partial charge in [0.25, 0.3) is 0 Å². The molecule has 1 N–H and O–H groups in total. The highest BCUT2D eigenvalue weighted by molar-refractivity contribution is 6.20. The van der Waals surface area contributed by atoms with E-state index in [4.69, 9.17) is 16.3 Å². The van der Waals surface area contributed by atoms with Crippen LogP contribution in [0, 0.1) is 5.92 Å². The van der Waals surface area contributed by atoms with Crippen LogP contribution in [0.15, 0.2) is 24.3 Å². The van der Waals surface area contributed by atoms with Crippen molar-refractivity contribution in [2.75, 3.05) is 13.7 Å². The van der Waals surface area contributed by atoms with Gasteiger partial charge in [0, 0.05) is 17.5 Å². The van der Waals surface area contributed by atoms with Crippen LogP contribution in [0.2, 0.25) is 0 Å². The molecule has 1 aliphatic carbocycles. The molecule has 0 saturated heterocycles. The number of halogens is 1. The number of carbonyl (C=O) groups excluding carboxylic acids is 1. The molecule has 1 fully saturated rings. The highest BCUT2D eigenvalue weighted by Gasteiger charge is 2.23. The fourth-order valence-corrected chi connectivity index (χ4v) is 2.92. The minimum absolute atomic E-state index is 0.0440. The summed E-state index contributed by atoms with van der Waals surface area (Å²) in [5, 5.41) is 3.28. The molecule has 1 aliphatic rings. The van der Waals surface area contributed by atoms with Crippen LogP contribution < -0.4 is 10.1 Å². The van der Waals surface area contributed by atoms with E-state index in [0.717, 1.165) is 37.1 Å². The van der Waals surface area contributed by atoms with Crippen molar-refractivity contribution >= 4 is 17.5 Å². The van der Waals surface area contributed by atoms with E-state index in [9.17, 15) is 4.79 Å². The van der Waals surface area contributed by atoms with Gasteiger partial charge in [0.15, 0.2) is 0 Å². The van der Waals surface area contributed by atoms with Crippen molar-refractivity contribution in [1.29, 1.82) is 0 Å². The molecule has 1 aromatic rings. The van der Waals surface area contributed by atoms with E-state index in [1.54, 1.807) is 7.11 Å². The molecule has 2 rings (SSSR count). The maximum Gasteiger partial charge on any atom is 0.224 e. The monoisotopic (exact) mass is 281 g/mol. The summed E-state index contributed by atoms with van der Waals surface area (Å²) in [5.74, 6) is 1.34. The molecule has 0 spiro atoms. The summed E-state index contributed by atoms with van der Waals surface area (Å²) in [7, 11) is 1.62. The van der Waals surface area contributed by atoms with Gasteiger partial charge in [-0.1, -0.05) is 18.2 Å². The lowest BCUT2D eigenvalue weighted by molar-refractivity contribution is -0.120. The van der Waals surface area contributed by atoms with Gasteiger partial charge in [0.05, 0.1) is 13.5 Å². The lowest BCUT2D eigenvalue weighted by Gasteiger charge is -2.12. The second-order valence-corrected chi connectivity index (χ2v) is 5.69. The Kier molecular flexibility index (Phi) is 5.08. The van der Waals surface area contributed by atoms with E-state index < -0.39 is 0 Å². The predicted octanol–water partition coefficient (Wildman–Crippen LogP) is 2.76. The molecule has 0 radical (unpaired) electrons. The van der Waals surface area contributed by atoms with Crippen LogP contribution in [0.25, 0.3) is 0 Å². The lowest BCUT2D eigenvalue weighted by Crippen LogP contribution is -2.29. The summed E-state index contributed by atoms with van der Waals surface area (Å²) in [4.78, 5) is 11.9. The topological polar surface area (TPSA) is 38.3 Å². The third-order valence-corrected chi connectivity index (χ3v) is 4.01. The van der Waals surface area contributed by atoms with Crippen LogP contribution in [0.4, 0.5) is 0 Å². The van der Waals surface area contributed by atoms with Gasteiger partial charge in [-0.2, -0.15) is 0 Å². The van der Waals surface area contributed by atoms with E-state index in [-0.39, 0.29) is 11.3 Å². The Labute approximate surface area is 119 Å². The van der Waals surface area contributed by atoms with Gasteiger partial charge in [-0.3, -0.25) is 4.79 Å². The van der Waals surface area contributed by atoms with Crippen molar-refractivity contribution in [3.05, 3.63) is 29.8 Å². The Bertz CT molecular complexity index is 436. The number of nitrogens with one attached hydrogen (secondary N) is 1. The maximum absolute atomic E-state index is 11.9. The number of hydrogen-bond acceptors (Lipinski definition) is 2. The highest BCUT2D eigenvalue weighted by atomic mass is 35.5. The smallest absolute Gasteiger partial charge is 0.224 e. The Balaban J connectivity index is 1.81. The van der Waals surface area contributed by atoms with Gasteiger partial charge in [-0.05, 0) is 31.2 Å². The largest absolute Gasteiger partial charge is 0.496 e. The van der Waals surface area contributed by atoms with Crippen molar-refractivity contribution in [1.82, 2.24) is 5.32 Å². The zero-order chi connectivity index (χ0) is 13.7. The van der Waals surface area contributed by atoms with E-state index in [1.165, 1.54) is 0 Å². The fourth-order valence-electron chi connectivity index (χ4n) is 2.54. The molecule has 1 amide bonds. The first-order valence-electron chi connectivity index (χ1n) is 6.71. The van der Waals surface area contributed by atoms with Crippen molar-refractivity contribution < 1.29 is 9.53 Å². The summed E-state index contributed by atoms with van der Waals surface area (Å²) < 4.78 is 5.24. The average molecular weight is 282 g/mol. The van der Waals surface area contributed by atoms with Gasteiger partial charge < -0.3 is 10.1 Å². The summed E-state index contributed by atoms with van der Waals surface area (Å²) in [6, 6.07) is 7.61. The number of amides is 1. The Morgan fingerprint density at radius 1 is 1.42 bits per heavy atom. The van der Waals surface area contributed by atoms with Crippen LogP contribution >= 0.6 is 11.6 Å². The van der Waals surface area contributed by atoms with Gasteiger partial charge in [0.2, 0.25) is 5.91 Å². The molecule has 0 bridgehead atoms. The molecule has 2 atom stereocenters. The van der Waals surface area contributed by atoms with Crippen molar-refractivity contribution in [2.24, 2.45) is 5.92 Å². The van der Waals surface area contributed by atoms with Crippen LogP contribution in [-0.4, -0.2) is 24.9 Å². The van der Waals surface area contributed by atoms with Gasteiger partial charge in [-0.15, -0.1) is 11.6 Å². The van der Waals surface area contributed by atoms with Gasteiger partial charge in [0.1, 0.15) is 5.75 Å². The molecule has 104 valence electrons. The van der Waals surface area contributed by atoms with E-state index >= 15 is 0 Å². The number of methoxy groups -OCH3 is 1. The molecule has 0 aliphatic heterocycles. The standard InChI is InChI=1S/C15H20ClNO2/c1-19-14-5-3-2-4-12(14)9-15(18)17-10-11-6-7-13(16)8-11/h2-5,11,13H,6-10H2,1H3,(H,17,18). The van der Waals surface area contributed by atoms with E-state index in [2.05, 4.69) is 5.32 Å². The van der Waals surface area contributed by atoms with Crippen LogP contribution in [-0.2, 0) is 11.2 Å². The average Bonchev–Trinajstić information content (AvgIpc) is 2.83. The number of alkyl halides is 1. The first kappa shape index (κ1) is 14.2. The van der Waals surface area contributed by atoms with Gasteiger partial charge >= 0.3 is 0 Å². The molecular formula is C15H20ClNO2. The number of carbonyl (C=O) groups is 1. The number of benzene rings is 1. The summed E-state index contributed by atoms with van der Waals surface area (Å²) in [5.41, 5.74) is 0.921. The molecular weight excluding hydrogens is 262 g/mol. The fraction of sp³-hybridized carbons (Fsp3) is 0.533. The molecule has 0 heterocycles. The first-order valence-corrected chi connectivity index (χ1v) is 7.15. The molecule has 2 unspecified atom stereocenters. The van der Waals surface area contributed by atoms with Crippen LogP contribution in [0.3, 0.4) is 0 Å². The third kappa shape index (κ3) is 4.13. The molecule has 3 nitrogen and oxygen atoms in total. The number of hydrogen-bond donors (Lipinski definition) is 1. The normalized spacial score (nSPS) is 22.2. The second kappa shape index (κ2) is 6.80. The van der Waals surface area contributed by atoms with E-state index in [0.29, 0.717) is 12.3 Å². The third-order valence-electron chi connectivity index (χ3n) is 3.61. The molecule has 1 aromatic carbocycles. The minimum Gasteiger partial charge on any atom is -0.496 e. The quantitative estimate of drug-likeness (QED) is 0.843.